The summed E-state index contributed by atoms with van der Waals surface area (Å²) in [7, 11) is 0. The molecule has 0 radical (unpaired) electrons. The number of aromatic amines is 1. The van der Waals surface area contributed by atoms with Gasteiger partial charge in [-0.1, -0.05) is 0 Å². The van der Waals surface area contributed by atoms with Crippen LogP contribution in [0.3, 0.4) is 0 Å². The van der Waals surface area contributed by atoms with Gasteiger partial charge in [0.2, 0.25) is 0 Å². The molecule has 1 heterocycles. The molecule has 0 saturated heterocycles. The molecule has 0 saturated carbocycles. The Labute approximate surface area is 131 Å². The zero-order valence-corrected chi connectivity index (χ0v) is 12.0. The normalized spacial score (nSPS) is 12.8. The van der Waals surface area contributed by atoms with E-state index in [4.69, 9.17) is 0 Å². The van der Waals surface area contributed by atoms with Crippen molar-refractivity contribution in [3.8, 4) is 11.4 Å². The molecular formula is C14H9F6N3O. The number of allylic oxidation sites excluding steroid dienone is 1. The van der Waals surface area contributed by atoms with E-state index < -0.39 is 29.0 Å². The lowest BCUT2D eigenvalue weighted by molar-refractivity contribution is -0.143. The van der Waals surface area contributed by atoms with E-state index in [2.05, 4.69) is 15.2 Å². The van der Waals surface area contributed by atoms with E-state index in [1.54, 1.807) is 0 Å². The number of aromatic nitrogens is 3. The van der Waals surface area contributed by atoms with Crippen LogP contribution in [0.25, 0.3) is 17.5 Å². The van der Waals surface area contributed by atoms with Crippen LogP contribution in [-0.2, 0) is 17.1 Å². The molecule has 0 aliphatic carbocycles. The Kier molecular flexibility index (Phi) is 4.50. The second-order valence-corrected chi connectivity index (χ2v) is 4.78. The molecule has 0 amide bonds. The zero-order chi connectivity index (χ0) is 18.1. The van der Waals surface area contributed by atoms with Gasteiger partial charge in [0, 0.05) is 5.56 Å². The van der Waals surface area contributed by atoms with E-state index >= 15 is 0 Å². The minimum absolute atomic E-state index is 0.0242. The minimum atomic E-state index is -4.95. The van der Waals surface area contributed by atoms with Crippen molar-refractivity contribution in [3.05, 3.63) is 41.2 Å². The molecule has 1 aromatic heterocycles. The predicted molar refractivity (Wildman–Crippen MR) is 71.5 cm³/mol. The average Bonchev–Trinajstić information content (AvgIpc) is 2.91. The highest BCUT2D eigenvalue weighted by Crippen LogP contribution is 2.38. The number of nitrogens with one attached hydrogen (secondary N) is 1. The molecule has 0 atom stereocenters. The molecule has 24 heavy (non-hydrogen) atoms. The van der Waals surface area contributed by atoms with Crippen LogP contribution in [0.5, 0.6) is 0 Å². The topological polar surface area (TPSA) is 58.6 Å². The molecule has 0 aliphatic heterocycles. The van der Waals surface area contributed by atoms with E-state index in [0.29, 0.717) is 12.1 Å². The van der Waals surface area contributed by atoms with Crippen LogP contribution in [0.2, 0.25) is 0 Å². The maximum atomic E-state index is 12.8. The number of H-pyrrole nitrogens is 1. The third-order valence-corrected chi connectivity index (χ3v) is 2.83. The maximum absolute atomic E-state index is 12.8. The molecule has 2 rings (SSSR count). The number of hydrogen-bond acceptors (Lipinski definition) is 3. The summed E-state index contributed by atoms with van der Waals surface area (Å²) in [4.78, 5) is 14.6. The van der Waals surface area contributed by atoms with Crippen LogP contribution in [0.4, 0.5) is 26.3 Å². The monoisotopic (exact) mass is 349 g/mol. The molecule has 0 bridgehead atoms. The largest absolute Gasteiger partial charge is 0.416 e. The van der Waals surface area contributed by atoms with E-state index in [1.807, 2.05) is 0 Å². The number of carbonyl (C=O) groups is 1. The predicted octanol–water partition coefficient (Wildman–Crippen LogP) is 4.11. The number of nitrogens with zero attached hydrogens (tertiary/aromatic N) is 2. The maximum Gasteiger partial charge on any atom is 0.416 e. The molecular weight excluding hydrogens is 340 g/mol. The van der Waals surface area contributed by atoms with E-state index in [-0.39, 0.29) is 23.5 Å². The Morgan fingerprint density at radius 3 is 2.04 bits per heavy atom. The first-order valence-corrected chi connectivity index (χ1v) is 6.38. The number of benzene rings is 1. The fourth-order valence-electron chi connectivity index (χ4n) is 1.76. The summed E-state index contributed by atoms with van der Waals surface area (Å²) in [5.41, 5.74) is -3.33. The van der Waals surface area contributed by atoms with Gasteiger partial charge in [0.15, 0.2) is 17.4 Å². The van der Waals surface area contributed by atoms with Gasteiger partial charge in [-0.25, -0.2) is 4.98 Å². The number of carbonyl (C=O) groups excluding carboxylic acids is 1. The van der Waals surface area contributed by atoms with Crippen molar-refractivity contribution in [2.24, 2.45) is 0 Å². The van der Waals surface area contributed by atoms with Crippen molar-refractivity contribution >= 4 is 11.9 Å². The first-order valence-electron chi connectivity index (χ1n) is 6.38. The lowest BCUT2D eigenvalue weighted by Crippen LogP contribution is -2.11. The van der Waals surface area contributed by atoms with Crippen molar-refractivity contribution < 1.29 is 31.1 Å². The summed E-state index contributed by atoms with van der Waals surface area (Å²) in [6, 6.07) is 1.10. The highest BCUT2D eigenvalue weighted by Gasteiger charge is 2.37. The summed E-state index contributed by atoms with van der Waals surface area (Å²) >= 11 is 0. The number of alkyl halides is 6. The van der Waals surface area contributed by atoms with Crippen LogP contribution < -0.4 is 0 Å². The number of ketones is 1. The van der Waals surface area contributed by atoms with E-state index in [1.165, 1.54) is 13.0 Å². The van der Waals surface area contributed by atoms with Crippen LogP contribution in [-0.4, -0.2) is 21.0 Å². The van der Waals surface area contributed by atoms with Crippen LogP contribution >= 0.6 is 0 Å². The molecule has 10 heteroatoms. The smallest absolute Gasteiger partial charge is 0.295 e. The van der Waals surface area contributed by atoms with Gasteiger partial charge >= 0.3 is 12.4 Å². The Hall–Kier alpha value is -2.65. The van der Waals surface area contributed by atoms with Crippen LogP contribution in [0.15, 0.2) is 24.3 Å². The van der Waals surface area contributed by atoms with E-state index in [9.17, 15) is 31.1 Å². The quantitative estimate of drug-likeness (QED) is 0.670. The molecule has 0 spiro atoms. The van der Waals surface area contributed by atoms with Gasteiger partial charge in [-0.05, 0) is 37.3 Å². The van der Waals surface area contributed by atoms with Gasteiger partial charge in [-0.3, -0.25) is 9.89 Å². The Morgan fingerprint density at radius 1 is 1.04 bits per heavy atom. The van der Waals surface area contributed by atoms with Gasteiger partial charge in [-0.2, -0.15) is 31.4 Å². The number of hydrogen-bond donors (Lipinski definition) is 1. The molecule has 0 unspecified atom stereocenters. The minimum Gasteiger partial charge on any atom is -0.295 e. The summed E-state index contributed by atoms with van der Waals surface area (Å²) in [6.07, 6.45) is -7.61. The number of rotatable bonds is 3. The van der Waals surface area contributed by atoms with Crippen molar-refractivity contribution in [2.45, 2.75) is 19.3 Å². The first kappa shape index (κ1) is 17.7. The lowest BCUT2D eigenvalue weighted by atomic mass is 10.0. The summed E-state index contributed by atoms with van der Waals surface area (Å²) in [5.74, 6) is -0.652. The van der Waals surface area contributed by atoms with Gasteiger partial charge < -0.3 is 0 Å². The summed E-state index contributed by atoms with van der Waals surface area (Å²) in [5, 5.41) is 5.86. The van der Waals surface area contributed by atoms with Crippen molar-refractivity contribution in [1.29, 1.82) is 0 Å². The van der Waals surface area contributed by atoms with Gasteiger partial charge in [-0.15, -0.1) is 0 Å². The fraction of sp³-hybridized carbons (Fsp3) is 0.214. The molecule has 4 nitrogen and oxygen atoms in total. The van der Waals surface area contributed by atoms with Crippen molar-refractivity contribution in [2.75, 3.05) is 0 Å². The van der Waals surface area contributed by atoms with E-state index in [0.717, 1.165) is 6.08 Å². The third kappa shape index (κ3) is 4.21. The molecule has 0 fully saturated rings. The molecule has 2 aromatic rings. The Bertz CT molecular complexity index is 756. The Balaban J connectivity index is 2.52. The SMILES string of the molecule is CC(=O)/C=C\c1n[nH]c(-c2cc(C(F)(F)F)cc(C(F)(F)F)c2)n1. The lowest BCUT2D eigenvalue weighted by Gasteiger charge is -2.13. The summed E-state index contributed by atoms with van der Waals surface area (Å²) in [6.45, 7) is 1.26. The van der Waals surface area contributed by atoms with Gasteiger partial charge in [0.05, 0.1) is 11.1 Å². The first-order chi connectivity index (χ1) is 11.0. The van der Waals surface area contributed by atoms with Crippen LogP contribution in [0.1, 0.15) is 23.9 Å². The molecule has 0 aliphatic rings. The van der Waals surface area contributed by atoms with Gasteiger partial charge in [0.1, 0.15) is 0 Å². The van der Waals surface area contributed by atoms with Crippen LogP contribution in [0, 0.1) is 0 Å². The highest BCUT2D eigenvalue weighted by molar-refractivity contribution is 5.91. The fourth-order valence-corrected chi connectivity index (χ4v) is 1.76. The van der Waals surface area contributed by atoms with Gasteiger partial charge in [0.25, 0.3) is 0 Å². The average molecular weight is 349 g/mol. The molecule has 128 valence electrons. The Morgan fingerprint density at radius 2 is 1.58 bits per heavy atom. The highest BCUT2D eigenvalue weighted by atomic mass is 19.4. The summed E-state index contributed by atoms with van der Waals surface area (Å²) < 4.78 is 76.8. The second-order valence-electron chi connectivity index (χ2n) is 4.78. The molecule has 1 N–H and O–H groups in total. The third-order valence-electron chi connectivity index (χ3n) is 2.83. The number of halogens is 6. The van der Waals surface area contributed by atoms with Crippen molar-refractivity contribution in [1.82, 2.24) is 15.2 Å². The standard InChI is InChI=1S/C14H9F6N3O/c1-7(24)2-3-11-21-12(23-22-11)8-4-9(13(15,16)17)6-10(5-8)14(18,19)20/h2-6H,1H3,(H,21,22,23)/b3-2-. The van der Waals surface area contributed by atoms with Crippen molar-refractivity contribution in [3.63, 3.8) is 0 Å². The second kappa shape index (κ2) is 6.10. The zero-order valence-electron chi connectivity index (χ0n) is 12.0. The molecule has 1 aromatic carbocycles.